The first-order valence-corrected chi connectivity index (χ1v) is 9.16. The van der Waals surface area contributed by atoms with Gasteiger partial charge in [0, 0.05) is 11.8 Å². The van der Waals surface area contributed by atoms with E-state index in [1.54, 1.807) is 24.3 Å². The summed E-state index contributed by atoms with van der Waals surface area (Å²) in [5, 5.41) is 11.1. The number of hydrogen-bond acceptors (Lipinski definition) is 5. The highest BCUT2D eigenvalue weighted by Gasteiger charge is 2.13. The Labute approximate surface area is 155 Å². The number of thioether (sulfide) groups is 1. The smallest absolute Gasteiger partial charge is 0.259 e. The van der Waals surface area contributed by atoms with Gasteiger partial charge in [-0.25, -0.2) is 8.78 Å². The minimum atomic E-state index is -0.624. The van der Waals surface area contributed by atoms with Gasteiger partial charge in [-0.05, 0) is 29.8 Å². The summed E-state index contributed by atoms with van der Waals surface area (Å²) < 4.78 is 26.9. The van der Waals surface area contributed by atoms with E-state index in [4.69, 9.17) is 11.6 Å². The standard InChI is InChI=1S/C16H10ClF2N3OS2/c17-13-4-2-1-3-12(13)14(23)20-15-21-22-16(25-15)24-8-9-5-10(18)7-11(19)6-9/h1-7H,8H2,(H,20,21,23). The van der Waals surface area contributed by atoms with Crippen molar-refractivity contribution >= 4 is 45.7 Å². The van der Waals surface area contributed by atoms with E-state index in [0.717, 1.165) is 6.07 Å². The molecular formula is C16H10ClF2N3OS2. The monoisotopic (exact) mass is 397 g/mol. The van der Waals surface area contributed by atoms with E-state index in [1.807, 2.05) is 0 Å². The van der Waals surface area contributed by atoms with E-state index in [0.29, 0.717) is 31.4 Å². The zero-order valence-electron chi connectivity index (χ0n) is 12.5. The summed E-state index contributed by atoms with van der Waals surface area (Å²) in [4.78, 5) is 12.2. The highest BCUT2D eigenvalue weighted by molar-refractivity contribution is 8.00. The molecule has 0 unspecified atom stereocenters. The van der Waals surface area contributed by atoms with Crippen LogP contribution in [-0.4, -0.2) is 16.1 Å². The predicted molar refractivity (Wildman–Crippen MR) is 95.2 cm³/mol. The van der Waals surface area contributed by atoms with Crippen molar-refractivity contribution in [2.24, 2.45) is 0 Å². The van der Waals surface area contributed by atoms with Crippen LogP contribution >= 0.6 is 34.7 Å². The Hall–Kier alpha value is -2.03. The Morgan fingerprint density at radius 1 is 1.16 bits per heavy atom. The van der Waals surface area contributed by atoms with Crippen LogP contribution in [0.25, 0.3) is 0 Å². The molecule has 0 fully saturated rings. The van der Waals surface area contributed by atoms with E-state index < -0.39 is 11.6 Å². The van der Waals surface area contributed by atoms with Gasteiger partial charge in [0.15, 0.2) is 4.34 Å². The molecule has 0 aliphatic heterocycles. The number of carbonyl (C=O) groups excluding carboxylic acids is 1. The maximum Gasteiger partial charge on any atom is 0.259 e. The first-order chi connectivity index (χ1) is 12.0. The van der Waals surface area contributed by atoms with E-state index in [9.17, 15) is 13.6 Å². The summed E-state index contributed by atoms with van der Waals surface area (Å²) in [6.45, 7) is 0. The first-order valence-electron chi connectivity index (χ1n) is 6.98. The molecule has 128 valence electrons. The summed E-state index contributed by atoms with van der Waals surface area (Å²) >= 11 is 8.41. The zero-order chi connectivity index (χ0) is 17.8. The number of carbonyl (C=O) groups is 1. The van der Waals surface area contributed by atoms with E-state index in [-0.39, 0.29) is 5.91 Å². The average molecular weight is 398 g/mol. The minimum Gasteiger partial charge on any atom is -0.296 e. The molecule has 1 N–H and O–H groups in total. The van der Waals surface area contributed by atoms with Gasteiger partial charge < -0.3 is 0 Å². The minimum absolute atomic E-state index is 0.317. The molecule has 0 atom stereocenters. The number of halogens is 3. The molecule has 0 aliphatic carbocycles. The zero-order valence-corrected chi connectivity index (χ0v) is 14.9. The molecule has 25 heavy (non-hydrogen) atoms. The Morgan fingerprint density at radius 3 is 2.60 bits per heavy atom. The third kappa shape index (κ3) is 4.75. The van der Waals surface area contributed by atoms with Crippen LogP contribution in [0.3, 0.4) is 0 Å². The first kappa shape index (κ1) is 17.8. The number of nitrogens with one attached hydrogen (secondary N) is 1. The average Bonchev–Trinajstić information content (AvgIpc) is 3.00. The lowest BCUT2D eigenvalue weighted by Gasteiger charge is -2.02. The second-order valence-electron chi connectivity index (χ2n) is 4.87. The van der Waals surface area contributed by atoms with Crippen molar-refractivity contribution in [3.8, 4) is 0 Å². The van der Waals surface area contributed by atoms with E-state index in [2.05, 4.69) is 15.5 Å². The summed E-state index contributed by atoms with van der Waals surface area (Å²) in [5.74, 6) is -1.30. The normalized spacial score (nSPS) is 10.7. The third-order valence-corrected chi connectivity index (χ3v) is 5.40. The number of benzene rings is 2. The van der Waals surface area contributed by atoms with Gasteiger partial charge in [-0.1, -0.05) is 46.8 Å². The summed E-state index contributed by atoms with van der Waals surface area (Å²) in [7, 11) is 0. The van der Waals surface area contributed by atoms with E-state index >= 15 is 0 Å². The van der Waals surface area contributed by atoms with Gasteiger partial charge in [0.2, 0.25) is 5.13 Å². The van der Waals surface area contributed by atoms with Crippen molar-refractivity contribution in [3.63, 3.8) is 0 Å². The predicted octanol–water partition coefficient (Wildman–Crippen LogP) is 5.01. The lowest BCUT2D eigenvalue weighted by Crippen LogP contribution is -2.12. The molecule has 3 aromatic rings. The molecule has 0 aliphatic rings. The fourth-order valence-corrected chi connectivity index (χ4v) is 3.87. The fraction of sp³-hybridized carbons (Fsp3) is 0.0625. The van der Waals surface area contributed by atoms with Crippen LogP contribution in [0.1, 0.15) is 15.9 Å². The van der Waals surface area contributed by atoms with Crippen LogP contribution in [0.5, 0.6) is 0 Å². The van der Waals surface area contributed by atoms with Gasteiger partial charge in [0.05, 0.1) is 10.6 Å². The highest BCUT2D eigenvalue weighted by Crippen LogP contribution is 2.29. The van der Waals surface area contributed by atoms with Crippen LogP contribution in [0, 0.1) is 11.6 Å². The molecule has 1 heterocycles. The second-order valence-corrected chi connectivity index (χ2v) is 7.48. The molecule has 4 nitrogen and oxygen atoms in total. The number of anilines is 1. The fourth-order valence-electron chi connectivity index (χ4n) is 1.97. The van der Waals surface area contributed by atoms with Crippen molar-refractivity contribution in [2.45, 2.75) is 10.1 Å². The molecule has 0 bridgehead atoms. The molecule has 1 aromatic heterocycles. The lowest BCUT2D eigenvalue weighted by atomic mass is 10.2. The van der Waals surface area contributed by atoms with Gasteiger partial charge in [0.25, 0.3) is 5.91 Å². The van der Waals surface area contributed by atoms with Gasteiger partial charge in [0.1, 0.15) is 11.6 Å². The van der Waals surface area contributed by atoms with Crippen molar-refractivity contribution in [1.82, 2.24) is 10.2 Å². The molecule has 0 radical (unpaired) electrons. The SMILES string of the molecule is O=C(Nc1nnc(SCc2cc(F)cc(F)c2)s1)c1ccccc1Cl. The topological polar surface area (TPSA) is 54.9 Å². The van der Waals surface area contributed by atoms with Gasteiger partial charge in [-0.2, -0.15) is 0 Å². The van der Waals surface area contributed by atoms with Crippen molar-refractivity contribution in [1.29, 1.82) is 0 Å². The van der Waals surface area contributed by atoms with Crippen LogP contribution in [0.4, 0.5) is 13.9 Å². The lowest BCUT2D eigenvalue weighted by molar-refractivity contribution is 0.102. The highest BCUT2D eigenvalue weighted by atomic mass is 35.5. The number of amides is 1. The molecule has 0 saturated carbocycles. The summed E-state index contributed by atoms with van der Waals surface area (Å²) in [6, 6.07) is 10.0. The quantitative estimate of drug-likeness (QED) is 0.485. The van der Waals surface area contributed by atoms with Crippen LogP contribution in [-0.2, 0) is 5.75 Å². The Balaban J connectivity index is 1.62. The molecule has 9 heteroatoms. The molecular weight excluding hydrogens is 388 g/mol. The Kier molecular flexibility index (Phi) is 5.62. The molecule has 3 rings (SSSR count). The summed E-state index contributed by atoms with van der Waals surface area (Å²) in [6.07, 6.45) is 0. The van der Waals surface area contributed by atoms with Crippen LogP contribution < -0.4 is 5.32 Å². The van der Waals surface area contributed by atoms with Crippen LogP contribution in [0.2, 0.25) is 5.02 Å². The maximum absolute atomic E-state index is 13.2. The molecule has 0 spiro atoms. The number of aromatic nitrogens is 2. The van der Waals surface area contributed by atoms with Crippen LogP contribution in [0.15, 0.2) is 46.8 Å². The second kappa shape index (κ2) is 7.90. The molecule has 0 saturated heterocycles. The number of rotatable bonds is 5. The van der Waals surface area contributed by atoms with Gasteiger partial charge in [-0.3, -0.25) is 10.1 Å². The van der Waals surface area contributed by atoms with Gasteiger partial charge >= 0.3 is 0 Å². The summed E-state index contributed by atoms with van der Waals surface area (Å²) in [5.41, 5.74) is 0.836. The molecule has 2 aromatic carbocycles. The third-order valence-electron chi connectivity index (χ3n) is 3.03. The molecule has 1 amide bonds. The van der Waals surface area contributed by atoms with Crippen molar-refractivity contribution in [2.75, 3.05) is 5.32 Å². The Bertz CT molecular complexity index is 900. The van der Waals surface area contributed by atoms with E-state index in [1.165, 1.54) is 35.2 Å². The number of hydrogen-bond donors (Lipinski definition) is 1. The van der Waals surface area contributed by atoms with Gasteiger partial charge in [-0.15, -0.1) is 10.2 Å². The maximum atomic E-state index is 13.2. The Morgan fingerprint density at radius 2 is 1.88 bits per heavy atom. The van der Waals surface area contributed by atoms with Crippen molar-refractivity contribution < 1.29 is 13.6 Å². The largest absolute Gasteiger partial charge is 0.296 e. The number of nitrogens with zero attached hydrogens (tertiary/aromatic N) is 2. The van der Waals surface area contributed by atoms with Crippen molar-refractivity contribution in [3.05, 3.63) is 70.2 Å².